The molecule has 2 N–H and O–H groups in total. The first-order chi connectivity index (χ1) is 8.59. The first kappa shape index (κ1) is 15.9. The summed E-state index contributed by atoms with van der Waals surface area (Å²) in [4.78, 5) is 2.66. The number of hydrogen-bond acceptors (Lipinski definition) is 3. The molecule has 1 aliphatic rings. The van der Waals surface area contributed by atoms with Gasteiger partial charge in [0.2, 0.25) is 0 Å². The lowest BCUT2D eigenvalue weighted by molar-refractivity contribution is -0.0691. The van der Waals surface area contributed by atoms with Crippen molar-refractivity contribution in [2.45, 2.75) is 65.0 Å². The van der Waals surface area contributed by atoms with E-state index < -0.39 is 0 Å². The van der Waals surface area contributed by atoms with Gasteiger partial charge in [0.15, 0.2) is 0 Å². The quantitative estimate of drug-likeness (QED) is 0.761. The van der Waals surface area contributed by atoms with Crippen molar-refractivity contribution in [1.29, 1.82) is 0 Å². The molecule has 0 aromatic rings. The van der Waals surface area contributed by atoms with Crippen LogP contribution >= 0.6 is 0 Å². The Bertz CT molecular complexity index is 221. The van der Waals surface area contributed by atoms with Gasteiger partial charge in [-0.15, -0.1) is 0 Å². The zero-order valence-electron chi connectivity index (χ0n) is 12.7. The van der Waals surface area contributed by atoms with Crippen molar-refractivity contribution in [1.82, 2.24) is 4.90 Å². The van der Waals surface area contributed by atoms with Crippen LogP contribution in [0.25, 0.3) is 0 Å². The molecule has 18 heavy (non-hydrogen) atoms. The zero-order chi connectivity index (χ0) is 13.6. The third-order valence-electron chi connectivity index (χ3n) is 4.24. The molecule has 0 amide bonds. The Kier molecular flexibility index (Phi) is 6.61. The third kappa shape index (κ3) is 3.69. The van der Waals surface area contributed by atoms with Gasteiger partial charge in [0.05, 0.1) is 12.1 Å². The molecule has 0 bridgehead atoms. The SMILES string of the molecule is CCC(CC)N(CC(C)C)C1(CN)CCCOC1. The van der Waals surface area contributed by atoms with Crippen LogP contribution in [-0.2, 0) is 4.74 Å². The van der Waals surface area contributed by atoms with Crippen LogP contribution < -0.4 is 5.73 Å². The van der Waals surface area contributed by atoms with Crippen LogP contribution in [0.1, 0.15) is 53.4 Å². The minimum atomic E-state index is 0.0825. The van der Waals surface area contributed by atoms with Crippen LogP contribution in [-0.4, -0.2) is 42.8 Å². The average molecular weight is 256 g/mol. The van der Waals surface area contributed by atoms with Crippen LogP contribution in [0, 0.1) is 5.92 Å². The Morgan fingerprint density at radius 2 is 1.94 bits per heavy atom. The molecular weight excluding hydrogens is 224 g/mol. The Morgan fingerprint density at radius 3 is 2.33 bits per heavy atom. The van der Waals surface area contributed by atoms with Gasteiger partial charge in [-0.25, -0.2) is 0 Å². The Morgan fingerprint density at radius 1 is 1.28 bits per heavy atom. The van der Waals surface area contributed by atoms with Gasteiger partial charge in [0, 0.05) is 25.7 Å². The Balaban J connectivity index is 2.89. The van der Waals surface area contributed by atoms with Crippen LogP contribution in [0.4, 0.5) is 0 Å². The van der Waals surface area contributed by atoms with Gasteiger partial charge in [-0.05, 0) is 31.6 Å². The lowest BCUT2D eigenvalue weighted by Gasteiger charge is -2.49. The molecule has 1 aliphatic heterocycles. The zero-order valence-corrected chi connectivity index (χ0v) is 12.7. The van der Waals surface area contributed by atoms with E-state index in [4.69, 9.17) is 10.5 Å². The lowest BCUT2D eigenvalue weighted by Crippen LogP contribution is -2.62. The van der Waals surface area contributed by atoms with E-state index in [0.717, 1.165) is 32.7 Å². The summed E-state index contributed by atoms with van der Waals surface area (Å²) in [5.74, 6) is 0.677. The summed E-state index contributed by atoms with van der Waals surface area (Å²) >= 11 is 0. The summed E-state index contributed by atoms with van der Waals surface area (Å²) in [5.41, 5.74) is 6.22. The van der Waals surface area contributed by atoms with Gasteiger partial charge in [-0.1, -0.05) is 27.7 Å². The summed E-state index contributed by atoms with van der Waals surface area (Å²) in [7, 11) is 0. The molecule has 0 spiro atoms. The average Bonchev–Trinajstić information content (AvgIpc) is 2.39. The van der Waals surface area contributed by atoms with Gasteiger partial charge in [0.25, 0.3) is 0 Å². The van der Waals surface area contributed by atoms with E-state index in [1.165, 1.54) is 19.3 Å². The van der Waals surface area contributed by atoms with Gasteiger partial charge in [-0.3, -0.25) is 4.90 Å². The van der Waals surface area contributed by atoms with E-state index in [-0.39, 0.29) is 5.54 Å². The first-order valence-corrected chi connectivity index (χ1v) is 7.64. The minimum Gasteiger partial charge on any atom is -0.379 e. The van der Waals surface area contributed by atoms with Crippen molar-refractivity contribution in [3.63, 3.8) is 0 Å². The van der Waals surface area contributed by atoms with Gasteiger partial charge >= 0.3 is 0 Å². The van der Waals surface area contributed by atoms with Crippen LogP contribution in [0.3, 0.4) is 0 Å². The summed E-state index contributed by atoms with van der Waals surface area (Å²) < 4.78 is 5.76. The maximum absolute atomic E-state index is 6.14. The normalized spacial score (nSPS) is 25.3. The van der Waals surface area contributed by atoms with Crippen LogP contribution in [0.5, 0.6) is 0 Å². The molecule has 0 radical (unpaired) electrons. The predicted octanol–water partition coefficient (Wildman–Crippen LogP) is 2.64. The largest absolute Gasteiger partial charge is 0.379 e. The lowest BCUT2D eigenvalue weighted by atomic mass is 9.87. The monoisotopic (exact) mass is 256 g/mol. The van der Waals surface area contributed by atoms with Crippen molar-refractivity contribution < 1.29 is 4.74 Å². The second-order valence-electron chi connectivity index (χ2n) is 6.10. The summed E-state index contributed by atoms with van der Waals surface area (Å²) in [6.45, 7) is 12.7. The van der Waals surface area contributed by atoms with E-state index >= 15 is 0 Å². The molecule has 1 atom stereocenters. The molecule has 3 heteroatoms. The second kappa shape index (κ2) is 7.46. The first-order valence-electron chi connectivity index (χ1n) is 7.64. The third-order valence-corrected chi connectivity index (χ3v) is 4.24. The van der Waals surface area contributed by atoms with Crippen molar-refractivity contribution in [2.75, 3.05) is 26.3 Å². The maximum Gasteiger partial charge on any atom is 0.0662 e. The number of rotatable bonds is 7. The number of ether oxygens (including phenoxy) is 1. The van der Waals surface area contributed by atoms with E-state index in [1.54, 1.807) is 0 Å². The highest BCUT2D eigenvalue weighted by molar-refractivity contribution is 4.96. The van der Waals surface area contributed by atoms with Gasteiger partial charge in [-0.2, -0.15) is 0 Å². The number of hydrogen-bond donors (Lipinski definition) is 1. The van der Waals surface area contributed by atoms with Crippen molar-refractivity contribution >= 4 is 0 Å². The number of nitrogens with zero attached hydrogens (tertiary/aromatic N) is 1. The highest BCUT2D eigenvalue weighted by Gasteiger charge is 2.40. The van der Waals surface area contributed by atoms with E-state index in [9.17, 15) is 0 Å². The molecular formula is C15H32N2O. The fraction of sp³-hybridized carbons (Fsp3) is 1.00. The molecule has 1 unspecified atom stereocenters. The van der Waals surface area contributed by atoms with Crippen LogP contribution in [0.2, 0.25) is 0 Å². The van der Waals surface area contributed by atoms with Crippen molar-refractivity contribution in [3.8, 4) is 0 Å². The summed E-state index contributed by atoms with van der Waals surface area (Å²) in [5, 5.41) is 0. The minimum absolute atomic E-state index is 0.0825. The fourth-order valence-electron chi connectivity index (χ4n) is 3.20. The second-order valence-corrected chi connectivity index (χ2v) is 6.10. The van der Waals surface area contributed by atoms with E-state index in [2.05, 4.69) is 32.6 Å². The fourth-order valence-corrected chi connectivity index (χ4v) is 3.20. The highest BCUT2D eigenvalue weighted by Crippen LogP contribution is 2.30. The van der Waals surface area contributed by atoms with Gasteiger partial charge < -0.3 is 10.5 Å². The molecule has 1 saturated heterocycles. The molecule has 3 nitrogen and oxygen atoms in total. The molecule has 0 aromatic carbocycles. The molecule has 1 rings (SSSR count). The van der Waals surface area contributed by atoms with Crippen molar-refractivity contribution in [3.05, 3.63) is 0 Å². The van der Waals surface area contributed by atoms with Crippen molar-refractivity contribution in [2.24, 2.45) is 11.7 Å². The summed E-state index contributed by atoms with van der Waals surface area (Å²) in [6.07, 6.45) is 4.73. The van der Waals surface area contributed by atoms with E-state index in [1.807, 2.05) is 0 Å². The molecule has 0 aliphatic carbocycles. The topological polar surface area (TPSA) is 38.5 Å². The Hall–Kier alpha value is -0.120. The summed E-state index contributed by atoms with van der Waals surface area (Å²) in [6, 6.07) is 0.637. The molecule has 0 saturated carbocycles. The Labute approximate surface area is 113 Å². The van der Waals surface area contributed by atoms with E-state index in [0.29, 0.717) is 12.0 Å². The maximum atomic E-state index is 6.14. The smallest absolute Gasteiger partial charge is 0.0662 e. The highest BCUT2D eigenvalue weighted by atomic mass is 16.5. The van der Waals surface area contributed by atoms with Gasteiger partial charge in [0.1, 0.15) is 0 Å². The molecule has 1 fully saturated rings. The molecule has 1 heterocycles. The molecule has 0 aromatic heterocycles. The van der Waals surface area contributed by atoms with Crippen LogP contribution in [0.15, 0.2) is 0 Å². The number of nitrogens with two attached hydrogens (primary N) is 1. The predicted molar refractivity (Wildman–Crippen MR) is 77.8 cm³/mol. The molecule has 108 valence electrons. The standard InChI is InChI=1S/C15H32N2O/c1-5-14(6-2)17(10-13(3)4)15(11-16)8-7-9-18-12-15/h13-14H,5-12,16H2,1-4H3.